The second-order valence-electron chi connectivity index (χ2n) is 5.34. The first-order valence-corrected chi connectivity index (χ1v) is 7.69. The molecule has 1 N–H and O–H groups in total. The average molecular weight is 334 g/mol. The van der Waals surface area contributed by atoms with Gasteiger partial charge in [0.05, 0.1) is 12.2 Å². The van der Waals surface area contributed by atoms with Gasteiger partial charge in [-0.1, -0.05) is 30.3 Å². The summed E-state index contributed by atoms with van der Waals surface area (Å²) in [5.41, 5.74) is 2.34. The summed E-state index contributed by atoms with van der Waals surface area (Å²) in [6.45, 7) is 0.239. The van der Waals surface area contributed by atoms with E-state index in [0.717, 1.165) is 16.7 Å². The molecule has 124 valence electrons. The maximum atomic E-state index is 12.1. The highest BCUT2D eigenvalue weighted by Crippen LogP contribution is 2.08. The van der Waals surface area contributed by atoms with E-state index in [2.05, 4.69) is 31.0 Å². The lowest BCUT2D eigenvalue weighted by Gasteiger charge is -2.06. The molecule has 2 aromatic heterocycles. The van der Waals surface area contributed by atoms with Crippen molar-refractivity contribution in [2.75, 3.05) is 0 Å². The lowest BCUT2D eigenvalue weighted by atomic mass is 10.3. The Balaban J connectivity index is 1.42. The summed E-state index contributed by atoms with van der Waals surface area (Å²) in [6, 6.07) is 16.9. The van der Waals surface area contributed by atoms with Crippen molar-refractivity contribution in [3.05, 3.63) is 60.4 Å². The van der Waals surface area contributed by atoms with Crippen molar-refractivity contribution in [1.29, 1.82) is 0 Å². The van der Waals surface area contributed by atoms with Gasteiger partial charge in [0, 0.05) is 0 Å². The molecule has 0 radical (unpaired) electrons. The third-order valence-corrected chi connectivity index (χ3v) is 3.59. The first-order valence-electron chi connectivity index (χ1n) is 7.69. The predicted octanol–water partition coefficient (Wildman–Crippen LogP) is 0.723. The number of tetrazole rings is 1. The molecule has 0 aliphatic rings. The minimum atomic E-state index is -0.220. The lowest BCUT2D eigenvalue weighted by molar-refractivity contribution is -0.122. The van der Waals surface area contributed by atoms with Crippen LogP contribution in [0.4, 0.5) is 0 Å². The van der Waals surface area contributed by atoms with Crippen molar-refractivity contribution in [2.24, 2.45) is 0 Å². The molecule has 4 aromatic rings. The molecule has 0 fully saturated rings. The number of aromatic nitrogens is 7. The summed E-state index contributed by atoms with van der Waals surface area (Å²) in [5, 5.41) is 22.9. The van der Waals surface area contributed by atoms with Gasteiger partial charge in [-0.2, -0.15) is 19.7 Å². The third-order valence-electron chi connectivity index (χ3n) is 3.59. The normalized spacial score (nSPS) is 10.9. The summed E-state index contributed by atoms with van der Waals surface area (Å²) in [6.07, 6.45) is 0. The Morgan fingerprint density at radius 1 is 0.960 bits per heavy atom. The van der Waals surface area contributed by atoms with Gasteiger partial charge in [-0.05, 0) is 34.7 Å². The van der Waals surface area contributed by atoms with E-state index in [4.69, 9.17) is 0 Å². The van der Waals surface area contributed by atoms with Gasteiger partial charge in [0.2, 0.25) is 5.91 Å². The number of carbonyl (C=O) groups is 1. The maximum Gasteiger partial charge on any atom is 0.243 e. The molecule has 0 aliphatic heterocycles. The number of carbonyl (C=O) groups excluding carboxylic acids is 1. The number of amides is 1. The molecule has 0 aliphatic carbocycles. The molecule has 4 rings (SSSR count). The zero-order chi connectivity index (χ0) is 17.1. The third kappa shape index (κ3) is 3.20. The molecular weight excluding hydrogens is 320 g/mol. The van der Waals surface area contributed by atoms with Crippen LogP contribution >= 0.6 is 0 Å². The van der Waals surface area contributed by atoms with Gasteiger partial charge >= 0.3 is 0 Å². The van der Waals surface area contributed by atoms with Gasteiger partial charge in [0.15, 0.2) is 5.82 Å². The number of para-hydroxylation sites is 1. The summed E-state index contributed by atoms with van der Waals surface area (Å²) in [4.78, 5) is 13.5. The van der Waals surface area contributed by atoms with Crippen molar-refractivity contribution < 1.29 is 4.79 Å². The van der Waals surface area contributed by atoms with E-state index in [0.29, 0.717) is 5.82 Å². The van der Waals surface area contributed by atoms with E-state index in [9.17, 15) is 4.79 Å². The quantitative estimate of drug-likeness (QED) is 0.577. The van der Waals surface area contributed by atoms with Crippen LogP contribution in [0.25, 0.3) is 16.7 Å². The largest absolute Gasteiger partial charge is 0.347 e. The fourth-order valence-corrected chi connectivity index (χ4v) is 2.42. The second kappa shape index (κ2) is 6.48. The number of nitrogens with one attached hydrogen (secondary N) is 1. The molecule has 2 aromatic carbocycles. The Morgan fingerprint density at radius 2 is 1.64 bits per heavy atom. The fraction of sp³-hybridized carbons (Fsp3) is 0.125. The van der Waals surface area contributed by atoms with Crippen LogP contribution in [-0.2, 0) is 17.9 Å². The Morgan fingerprint density at radius 3 is 2.36 bits per heavy atom. The topological polar surface area (TPSA) is 103 Å². The van der Waals surface area contributed by atoms with E-state index in [1.807, 2.05) is 54.6 Å². The maximum absolute atomic E-state index is 12.1. The number of nitrogens with zero attached hydrogens (tertiary/aromatic N) is 7. The molecule has 9 heteroatoms. The van der Waals surface area contributed by atoms with Gasteiger partial charge in [-0.25, -0.2) is 0 Å². The molecule has 9 nitrogen and oxygen atoms in total. The van der Waals surface area contributed by atoms with Crippen LogP contribution in [-0.4, -0.2) is 41.1 Å². The minimum absolute atomic E-state index is 0.0293. The molecular formula is C16H14N8O. The van der Waals surface area contributed by atoms with Gasteiger partial charge < -0.3 is 5.32 Å². The average Bonchev–Trinajstić information content (AvgIpc) is 3.26. The Labute approximate surface area is 142 Å². The van der Waals surface area contributed by atoms with Crippen molar-refractivity contribution >= 4 is 16.9 Å². The Hall–Kier alpha value is -3.62. The SMILES string of the molecule is O=C(Cn1nc2ccccc2n1)NCc1nnnn1-c1ccccc1. The van der Waals surface area contributed by atoms with Gasteiger partial charge in [-0.3, -0.25) is 4.79 Å². The summed E-state index contributed by atoms with van der Waals surface area (Å²) in [5.74, 6) is 0.320. The lowest BCUT2D eigenvalue weighted by Crippen LogP contribution is -2.29. The van der Waals surface area contributed by atoms with Crippen molar-refractivity contribution in [3.63, 3.8) is 0 Å². The van der Waals surface area contributed by atoms with Crippen LogP contribution < -0.4 is 5.32 Å². The number of benzene rings is 2. The number of fused-ring (bicyclic) bond motifs is 1. The number of hydrogen-bond donors (Lipinski definition) is 1. The second-order valence-corrected chi connectivity index (χ2v) is 5.34. The fourth-order valence-electron chi connectivity index (χ4n) is 2.42. The molecule has 0 saturated carbocycles. The van der Waals surface area contributed by atoms with Crippen LogP contribution in [0.1, 0.15) is 5.82 Å². The molecule has 0 bridgehead atoms. The highest BCUT2D eigenvalue weighted by Gasteiger charge is 2.11. The molecule has 0 saturated heterocycles. The predicted molar refractivity (Wildman–Crippen MR) is 88.5 cm³/mol. The van der Waals surface area contributed by atoms with Crippen LogP contribution in [0.5, 0.6) is 0 Å². The van der Waals surface area contributed by atoms with E-state index < -0.39 is 0 Å². The standard InChI is InChI=1S/C16H14N8O/c25-16(11-23-19-13-8-4-5-9-14(13)20-23)17-10-15-18-21-22-24(15)12-6-2-1-3-7-12/h1-9H,10-11H2,(H,17,25). The molecule has 2 heterocycles. The summed E-state index contributed by atoms with van der Waals surface area (Å²) >= 11 is 0. The Kier molecular flexibility index (Phi) is 3.87. The van der Waals surface area contributed by atoms with E-state index in [1.165, 1.54) is 4.80 Å². The van der Waals surface area contributed by atoms with Crippen LogP contribution in [0.15, 0.2) is 54.6 Å². The molecule has 1 amide bonds. The zero-order valence-corrected chi connectivity index (χ0v) is 13.1. The van der Waals surface area contributed by atoms with Crippen LogP contribution in [0.3, 0.4) is 0 Å². The van der Waals surface area contributed by atoms with E-state index >= 15 is 0 Å². The first-order chi connectivity index (χ1) is 12.3. The van der Waals surface area contributed by atoms with Crippen LogP contribution in [0.2, 0.25) is 0 Å². The van der Waals surface area contributed by atoms with Crippen LogP contribution in [0, 0.1) is 0 Å². The highest BCUT2D eigenvalue weighted by atomic mass is 16.2. The first kappa shape index (κ1) is 14.9. The smallest absolute Gasteiger partial charge is 0.243 e. The number of hydrogen-bond acceptors (Lipinski definition) is 6. The molecule has 0 atom stereocenters. The molecule has 0 unspecified atom stereocenters. The zero-order valence-electron chi connectivity index (χ0n) is 13.1. The molecule has 25 heavy (non-hydrogen) atoms. The van der Waals surface area contributed by atoms with Gasteiger partial charge in [0.1, 0.15) is 17.6 Å². The van der Waals surface area contributed by atoms with Crippen molar-refractivity contribution in [1.82, 2.24) is 40.5 Å². The van der Waals surface area contributed by atoms with E-state index in [-0.39, 0.29) is 19.0 Å². The minimum Gasteiger partial charge on any atom is -0.347 e. The van der Waals surface area contributed by atoms with Crippen molar-refractivity contribution in [3.8, 4) is 5.69 Å². The Bertz CT molecular complexity index is 974. The number of rotatable bonds is 5. The summed E-state index contributed by atoms with van der Waals surface area (Å²) in [7, 11) is 0. The van der Waals surface area contributed by atoms with Gasteiger partial charge in [0.25, 0.3) is 0 Å². The van der Waals surface area contributed by atoms with Crippen molar-refractivity contribution in [2.45, 2.75) is 13.1 Å². The van der Waals surface area contributed by atoms with E-state index in [1.54, 1.807) is 4.68 Å². The highest BCUT2D eigenvalue weighted by molar-refractivity contribution is 5.76. The van der Waals surface area contributed by atoms with Gasteiger partial charge in [-0.15, -0.1) is 5.10 Å². The molecule has 0 spiro atoms. The monoisotopic (exact) mass is 334 g/mol. The summed E-state index contributed by atoms with van der Waals surface area (Å²) < 4.78 is 1.58.